The monoisotopic (exact) mass is 446 g/mol. The third-order valence-electron chi connectivity index (χ3n) is 4.28. The average Bonchev–Trinajstić information content (AvgIpc) is 2.74. The molecule has 0 amide bonds. The molecule has 0 atom stereocenters. The summed E-state index contributed by atoms with van der Waals surface area (Å²) in [5, 5.41) is 0. The molecule has 0 unspecified atom stereocenters. The number of hydrogen-bond donors (Lipinski definition) is 0. The molecule has 0 aliphatic carbocycles. The van der Waals surface area contributed by atoms with Crippen molar-refractivity contribution >= 4 is 12.3 Å². The molecule has 0 fully saturated rings. The Hall–Kier alpha value is -3.42. The van der Waals surface area contributed by atoms with Crippen molar-refractivity contribution in [1.29, 1.82) is 0 Å². The molecule has 8 nitrogen and oxygen atoms in total. The highest BCUT2D eigenvalue weighted by Crippen LogP contribution is 2.40. The Morgan fingerprint density at radius 1 is 0.781 bits per heavy atom. The number of aryl methyl sites for hydroxylation is 2. The van der Waals surface area contributed by atoms with Crippen LogP contribution < -0.4 is 9.47 Å². The Morgan fingerprint density at radius 3 is 1.81 bits per heavy atom. The normalized spacial score (nSPS) is 10.2. The van der Waals surface area contributed by atoms with Gasteiger partial charge in [-0.25, -0.2) is 9.59 Å². The molecule has 0 saturated heterocycles. The van der Waals surface area contributed by atoms with E-state index in [4.69, 9.17) is 28.4 Å². The lowest BCUT2D eigenvalue weighted by Gasteiger charge is -2.18. The number of benzene rings is 2. The van der Waals surface area contributed by atoms with Gasteiger partial charge in [0.15, 0.2) is 0 Å². The summed E-state index contributed by atoms with van der Waals surface area (Å²) < 4.78 is 31.1. The fraction of sp³-hybridized carbons (Fsp3) is 0.417. The van der Waals surface area contributed by atoms with Crippen molar-refractivity contribution < 1.29 is 38.0 Å². The maximum absolute atomic E-state index is 11.5. The minimum absolute atomic E-state index is 0.206. The molecule has 32 heavy (non-hydrogen) atoms. The van der Waals surface area contributed by atoms with Gasteiger partial charge in [0.1, 0.15) is 11.5 Å². The van der Waals surface area contributed by atoms with Crippen molar-refractivity contribution in [3.05, 3.63) is 47.5 Å². The van der Waals surface area contributed by atoms with Gasteiger partial charge in [-0.2, -0.15) is 0 Å². The zero-order valence-electron chi connectivity index (χ0n) is 19.0. The lowest BCUT2D eigenvalue weighted by Crippen LogP contribution is -2.14. The van der Waals surface area contributed by atoms with Gasteiger partial charge in [0.25, 0.3) is 0 Å². The zero-order valence-corrected chi connectivity index (χ0v) is 19.0. The van der Waals surface area contributed by atoms with E-state index in [0.29, 0.717) is 17.1 Å². The van der Waals surface area contributed by atoms with Crippen LogP contribution in [0, 0.1) is 6.92 Å². The molecule has 0 spiro atoms. The molecule has 2 aromatic rings. The van der Waals surface area contributed by atoms with Gasteiger partial charge in [0, 0.05) is 0 Å². The third kappa shape index (κ3) is 7.68. The lowest BCUT2D eigenvalue weighted by molar-refractivity contribution is 0.00565. The molecule has 0 saturated carbocycles. The van der Waals surface area contributed by atoms with Gasteiger partial charge < -0.3 is 28.4 Å². The second-order valence-corrected chi connectivity index (χ2v) is 6.77. The van der Waals surface area contributed by atoms with Crippen LogP contribution in [0.1, 0.15) is 38.3 Å². The highest BCUT2D eigenvalue weighted by atomic mass is 16.8. The van der Waals surface area contributed by atoms with Crippen LogP contribution in [0.2, 0.25) is 0 Å². The van der Waals surface area contributed by atoms with E-state index in [1.54, 1.807) is 13.8 Å². The van der Waals surface area contributed by atoms with Gasteiger partial charge in [-0.05, 0) is 50.5 Å². The molecule has 0 N–H and O–H groups in total. The molecule has 0 aliphatic heterocycles. The highest BCUT2D eigenvalue weighted by Gasteiger charge is 2.18. The molecule has 0 bridgehead atoms. The van der Waals surface area contributed by atoms with E-state index in [1.165, 1.54) is 0 Å². The molecule has 2 rings (SSSR count). The van der Waals surface area contributed by atoms with E-state index in [9.17, 15) is 9.59 Å². The maximum Gasteiger partial charge on any atom is 0.511 e. The summed E-state index contributed by atoms with van der Waals surface area (Å²) in [5.74, 6) is 0.939. The summed E-state index contributed by atoms with van der Waals surface area (Å²) in [5.41, 5.74) is 3.49. The van der Waals surface area contributed by atoms with Crippen LogP contribution in [0.5, 0.6) is 11.5 Å². The Bertz CT molecular complexity index is 848. The first-order valence-electron chi connectivity index (χ1n) is 10.6. The second-order valence-electron chi connectivity index (χ2n) is 6.77. The molecule has 8 heteroatoms. The molecular formula is C24H30O8. The smallest absolute Gasteiger partial charge is 0.456 e. The summed E-state index contributed by atoms with van der Waals surface area (Å²) >= 11 is 0. The molecule has 0 radical (unpaired) electrons. The summed E-state index contributed by atoms with van der Waals surface area (Å²) in [6.07, 6.45) is 0.0573. The van der Waals surface area contributed by atoms with E-state index >= 15 is 0 Å². The van der Waals surface area contributed by atoms with Crippen LogP contribution in [-0.4, -0.2) is 39.1 Å². The Balaban J connectivity index is 2.37. The number of carbonyl (C=O) groups is 2. The predicted octanol–water partition coefficient (Wildman–Crippen LogP) is 5.63. The summed E-state index contributed by atoms with van der Waals surface area (Å²) in [6.45, 7) is 7.17. The van der Waals surface area contributed by atoms with Gasteiger partial charge in [0.2, 0.25) is 13.6 Å². The summed E-state index contributed by atoms with van der Waals surface area (Å²) in [4.78, 5) is 23.0. The van der Waals surface area contributed by atoms with Gasteiger partial charge in [-0.1, -0.05) is 43.2 Å². The van der Waals surface area contributed by atoms with Crippen molar-refractivity contribution in [2.75, 3.05) is 26.8 Å². The SMILES string of the molecule is CCCc1cc(OCOC(=O)OCC)c(-c2cccc(C)c2)c(OCOC(=O)OCC)c1. The van der Waals surface area contributed by atoms with Gasteiger partial charge in [-0.15, -0.1) is 0 Å². The largest absolute Gasteiger partial charge is 0.511 e. The Morgan fingerprint density at radius 2 is 1.34 bits per heavy atom. The molecule has 0 heterocycles. The first-order valence-corrected chi connectivity index (χ1v) is 10.6. The number of hydrogen-bond acceptors (Lipinski definition) is 8. The minimum atomic E-state index is -0.811. The van der Waals surface area contributed by atoms with Crippen LogP contribution in [0.4, 0.5) is 9.59 Å². The molecule has 174 valence electrons. The molecule has 0 aromatic heterocycles. The van der Waals surface area contributed by atoms with E-state index in [2.05, 4.69) is 6.92 Å². The second kappa shape index (κ2) is 13.1. The first-order chi connectivity index (χ1) is 15.5. The number of ether oxygens (including phenoxy) is 6. The fourth-order valence-corrected chi connectivity index (χ4v) is 2.99. The highest BCUT2D eigenvalue weighted by molar-refractivity contribution is 5.78. The van der Waals surface area contributed by atoms with Crippen molar-refractivity contribution in [1.82, 2.24) is 0 Å². The van der Waals surface area contributed by atoms with Gasteiger partial charge in [0.05, 0.1) is 18.8 Å². The van der Waals surface area contributed by atoms with Crippen molar-refractivity contribution in [2.45, 2.75) is 40.5 Å². The lowest BCUT2D eigenvalue weighted by atomic mass is 9.98. The number of rotatable bonds is 11. The standard InChI is InChI=1S/C24H30O8/c1-5-9-18-13-20(29-15-31-23(25)27-6-2)22(19-11-8-10-17(4)12-19)21(14-18)30-16-32-24(26)28-7-3/h8,10-14H,5-7,9,15-16H2,1-4H3. The number of carbonyl (C=O) groups excluding carboxylic acids is 2. The Kier molecular flexibility index (Phi) is 10.2. The zero-order chi connectivity index (χ0) is 23.3. The van der Waals surface area contributed by atoms with E-state index in [-0.39, 0.29) is 26.8 Å². The van der Waals surface area contributed by atoms with Crippen molar-refractivity contribution in [3.63, 3.8) is 0 Å². The topological polar surface area (TPSA) is 89.5 Å². The van der Waals surface area contributed by atoms with Gasteiger partial charge in [-0.3, -0.25) is 0 Å². The van der Waals surface area contributed by atoms with E-state index in [1.807, 2.05) is 43.3 Å². The quantitative estimate of drug-likeness (QED) is 0.324. The summed E-state index contributed by atoms with van der Waals surface area (Å²) in [7, 11) is 0. The maximum atomic E-state index is 11.5. The van der Waals surface area contributed by atoms with E-state index in [0.717, 1.165) is 29.5 Å². The molecular weight excluding hydrogens is 416 g/mol. The minimum Gasteiger partial charge on any atom is -0.456 e. The van der Waals surface area contributed by atoms with Gasteiger partial charge >= 0.3 is 12.3 Å². The van der Waals surface area contributed by atoms with Crippen LogP contribution in [0.3, 0.4) is 0 Å². The first kappa shape index (κ1) is 24.8. The van der Waals surface area contributed by atoms with Crippen molar-refractivity contribution in [2.24, 2.45) is 0 Å². The van der Waals surface area contributed by atoms with Crippen LogP contribution in [0.15, 0.2) is 36.4 Å². The van der Waals surface area contributed by atoms with Crippen molar-refractivity contribution in [3.8, 4) is 22.6 Å². The molecule has 2 aromatic carbocycles. The van der Waals surface area contributed by atoms with Crippen LogP contribution in [0.25, 0.3) is 11.1 Å². The predicted molar refractivity (Wildman–Crippen MR) is 118 cm³/mol. The summed E-state index contributed by atoms with van der Waals surface area (Å²) in [6, 6.07) is 11.6. The average molecular weight is 446 g/mol. The molecule has 0 aliphatic rings. The van der Waals surface area contributed by atoms with Crippen LogP contribution >= 0.6 is 0 Å². The Labute approximate surface area is 188 Å². The van der Waals surface area contributed by atoms with E-state index < -0.39 is 12.3 Å². The fourth-order valence-electron chi connectivity index (χ4n) is 2.99. The third-order valence-corrected chi connectivity index (χ3v) is 4.28. The van der Waals surface area contributed by atoms with Crippen LogP contribution in [-0.2, 0) is 25.4 Å².